The standard InChI is InChI=1S/C11H18N2O/c1-8(2)7-14-11-5-4-9(3)13-10(11)6-12/h4-5,8H,6-7,12H2,1-3H3. The Labute approximate surface area is 85.3 Å². The van der Waals surface area contributed by atoms with E-state index < -0.39 is 0 Å². The third kappa shape index (κ3) is 3.00. The van der Waals surface area contributed by atoms with Gasteiger partial charge in [0.15, 0.2) is 0 Å². The topological polar surface area (TPSA) is 48.1 Å². The molecule has 0 amide bonds. The fourth-order valence-corrected chi connectivity index (χ4v) is 1.13. The molecule has 0 fully saturated rings. The van der Waals surface area contributed by atoms with Crippen LogP contribution in [-0.4, -0.2) is 11.6 Å². The Morgan fingerprint density at radius 3 is 2.71 bits per heavy atom. The van der Waals surface area contributed by atoms with Crippen molar-refractivity contribution < 1.29 is 4.74 Å². The van der Waals surface area contributed by atoms with Crippen molar-refractivity contribution in [3.63, 3.8) is 0 Å². The lowest BCUT2D eigenvalue weighted by atomic mass is 10.2. The molecular formula is C11H18N2O. The van der Waals surface area contributed by atoms with Gasteiger partial charge in [0.2, 0.25) is 0 Å². The number of aryl methyl sites for hydroxylation is 1. The molecule has 3 heteroatoms. The first-order chi connectivity index (χ1) is 6.63. The van der Waals surface area contributed by atoms with Crippen LogP contribution in [0, 0.1) is 12.8 Å². The van der Waals surface area contributed by atoms with Crippen molar-refractivity contribution in [2.45, 2.75) is 27.3 Å². The Kier molecular flexibility index (Phi) is 3.89. The zero-order chi connectivity index (χ0) is 10.6. The molecule has 0 aliphatic heterocycles. The van der Waals surface area contributed by atoms with Gasteiger partial charge in [0.1, 0.15) is 5.75 Å². The molecular weight excluding hydrogens is 176 g/mol. The minimum atomic E-state index is 0.426. The zero-order valence-corrected chi connectivity index (χ0v) is 9.08. The minimum absolute atomic E-state index is 0.426. The summed E-state index contributed by atoms with van der Waals surface area (Å²) in [6, 6.07) is 3.88. The SMILES string of the molecule is Cc1ccc(OCC(C)C)c(CN)n1. The second-order valence-electron chi connectivity index (χ2n) is 3.81. The van der Waals surface area contributed by atoms with Gasteiger partial charge in [-0.2, -0.15) is 0 Å². The third-order valence-corrected chi connectivity index (χ3v) is 1.84. The van der Waals surface area contributed by atoms with Crippen molar-refractivity contribution in [1.29, 1.82) is 0 Å². The molecule has 78 valence electrons. The monoisotopic (exact) mass is 194 g/mol. The van der Waals surface area contributed by atoms with Gasteiger partial charge in [-0.15, -0.1) is 0 Å². The van der Waals surface area contributed by atoms with E-state index in [0.717, 1.165) is 17.1 Å². The Bertz CT molecular complexity index is 297. The minimum Gasteiger partial charge on any atom is -0.491 e. The van der Waals surface area contributed by atoms with E-state index >= 15 is 0 Å². The predicted octanol–water partition coefficient (Wildman–Crippen LogP) is 1.88. The van der Waals surface area contributed by atoms with E-state index in [1.165, 1.54) is 0 Å². The summed E-state index contributed by atoms with van der Waals surface area (Å²) in [4.78, 5) is 4.32. The van der Waals surface area contributed by atoms with Crippen molar-refractivity contribution in [3.05, 3.63) is 23.5 Å². The molecule has 0 aliphatic carbocycles. The van der Waals surface area contributed by atoms with Gasteiger partial charge in [0, 0.05) is 12.2 Å². The number of rotatable bonds is 4. The molecule has 0 aromatic carbocycles. The van der Waals surface area contributed by atoms with E-state index in [2.05, 4.69) is 18.8 Å². The van der Waals surface area contributed by atoms with Crippen molar-refractivity contribution in [2.24, 2.45) is 11.7 Å². The fraction of sp³-hybridized carbons (Fsp3) is 0.545. The van der Waals surface area contributed by atoms with E-state index in [4.69, 9.17) is 10.5 Å². The average molecular weight is 194 g/mol. The highest BCUT2D eigenvalue weighted by molar-refractivity contribution is 5.29. The second-order valence-corrected chi connectivity index (χ2v) is 3.81. The second kappa shape index (κ2) is 4.96. The summed E-state index contributed by atoms with van der Waals surface area (Å²) < 4.78 is 5.60. The highest BCUT2D eigenvalue weighted by Gasteiger charge is 2.04. The van der Waals surface area contributed by atoms with Crippen molar-refractivity contribution in [3.8, 4) is 5.75 Å². The van der Waals surface area contributed by atoms with Crippen LogP contribution in [-0.2, 0) is 6.54 Å². The molecule has 1 aromatic heterocycles. The number of hydrogen-bond acceptors (Lipinski definition) is 3. The maximum absolute atomic E-state index is 5.60. The molecule has 0 unspecified atom stereocenters. The van der Waals surface area contributed by atoms with Crippen LogP contribution in [0.25, 0.3) is 0 Å². The smallest absolute Gasteiger partial charge is 0.142 e. The first-order valence-electron chi connectivity index (χ1n) is 4.93. The van der Waals surface area contributed by atoms with Crippen LogP contribution in [0.2, 0.25) is 0 Å². The highest BCUT2D eigenvalue weighted by atomic mass is 16.5. The number of hydrogen-bond donors (Lipinski definition) is 1. The number of ether oxygens (including phenoxy) is 1. The van der Waals surface area contributed by atoms with E-state index in [1.54, 1.807) is 0 Å². The quantitative estimate of drug-likeness (QED) is 0.796. The molecule has 0 aliphatic rings. The van der Waals surface area contributed by atoms with Gasteiger partial charge < -0.3 is 10.5 Å². The molecule has 2 N–H and O–H groups in total. The van der Waals surface area contributed by atoms with Gasteiger partial charge in [-0.25, -0.2) is 0 Å². The molecule has 14 heavy (non-hydrogen) atoms. The lowest BCUT2D eigenvalue weighted by Gasteiger charge is -2.11. The summed E-state index contributed by atoms with van der Waals surface area (Å²) >= 11 is 0. The van der Waals surface area contributed by atoms with Crippen LogP contribution in [0.1, 0.15) is 25.2 Å². The Morgan fingerprint density at radius 1 is 1.43 bits per heavy atom. The van der Waals surface area contributed by atoms with Gasteiger partial charge in [0.25, 0.3) is 0 Å². The van der Waals surface area contributed by atoms with Gasteiger partial charge in [0.05, 0.1) is 12.3 Å². The molecule has 0 bridgehead atoms. The normalized spacial score (nSPS) is 10.6. The fourth-order valence-electron chi connectivity index (χ4n) is 1.13. The largest absolute Gasteiger partial charge is 0.491 e. The van der Waals surface area contributed by atoms with Crippen LogP contribution in [0.4, 0.5) is 0 Å². The Morgan fingerprint density at radius 2 is 2.14 bits per heavy atom. The van der Waals surface area contributed by atoms with Gasteiger partial charge in [-0.3, -0.25) is 4.98 Å². The van der Waals surface area contributed by atoms with Crippen LogP contribution in [0.15, 0.2) is 12.1 Å². The Balaban J connectivity index is 2.75. The molecule has 0 spiro atoms. The molecule has 0 radical (unpaired) electrons. The maximum Gasteiger partial charge on any atom is 0.142 e. The lowest BCUT2D eigenvalue weighted by molar-refractivity contribution is 0.267. The summed E-state index contributed by atoms with van der Waals surface area (Å²) in [5.74, 6) is 1.33. The van der Waals surface area contributed by atoms with Crippen LogP contribution >= 0.6 is 0 Å². The van der Waals surface area contributed by atoms with Crippen molar-refractivity contribution in [2.75, 3.05) is 6.61 Å². The van der Waals surface area contributed by atoms with Crippen LogP contribution in [0.3, 0.4) is 0 Å². The zero-order valence-electron chi connectivity index (χ0n) is 9.08. The van der Waals surface area contributed by atoms with Crippen LogP contribution in [0.5, 0.6) is 5.75 Å². The van der Waals surface area contributed by atoms with Crippen molar-refractivity contribution >= 4 is 0 Å². The highest BCUT2D eigenvalue weighted by Crippen LogP contribution is 2.16. The average Bonchev–Trinajstić information content (AvgIpc) is 2.15. The van der Waals surface area contributed by atoms with Gasteiger partial charge in [-0.05, 0) is 25.0 Å². The number of pyridine rings is 1. The summed E-state index contributed by atoms with van der Waals surface area (Å²) in [7, 11) is 0. The number of nitrogens with two attached hydrogens (primary N) is 1. The maximum atomic E-state index is 5.60. The number of nitrogens with zero attached hydrogens (tertiary/aromatic N) is 1. The third-order valence-electron chi connectivity index (χ3n) is 1.84. The molecule has 0 saturated heterocycles. The van der Waals surface area contributed by atoms with E-state index in [-0.39, 0.29) is 0 Å². The van der Waals surface area contributed by atoms with E-state index in [9.17, 15) is 0 Å². The summed E-state index contributed by atoms with van der Waals surface area (Å²) in [5, 5.41) is 0. The summed E-state index contributed by atoms with van der Waals surface area (Å²) in [6.07, 6.45) is 0. The molecule has 0 saturated carbocycles. The number of aromatic nitrogens is 1. The van der Waals surface area contributed by atoms with E-state index in [0.29, 0.717) is 19.1 Å². The molecule has 3 nitrogen and oxygen atoms in total. The molecule has 1 rings (SSSR count). The molecule has 0 atom stereocenters. The van der Waals surface area contributed by atoms with Crippen LogP contribution < -0.4 is 10.5 Å². The first-order valence-corrected chi connectivity index (χ1v) is 4.93. The van der Waals surface area contributed by atoms with Gasteiger partial charge >= 0.3 is 0 Å². The predicted molar refractivity (Wildman–Crippen MR) is 57.2 cm³/mol. The van der Waals surface area contributed by atoms with Gasteiger partial charge in [-0.1, -0.05) is 13.8 Å². The molecule has 1 aromatic rings. The summed E-state index contributed by atoms with van der Waals surface area (Å²) in [5.41, 5.74) is 7.40. The molecule has 1 heterocycles. The first kappa shape index (κ1) is 11.0. The lowest BCUT2D eigenvalue weighted by Crippen LogP contribution is -2.09. The van der Waals surface area contributed by atoms with Crippen molar-refractivity contribution in [1.82, 2.24) is 4.98 Å². The van der Waals surface area contributed by atoms with E-state index in [1.807, 2.05) is 19.1 Å². The Hall–Kier alpha value is -1.09. The summed E-state index contributed by atoms with van der Waals surface area (Å²) in [6.45, 7) is 7.31.